The average molecular weight is 464 g/mol. The van der Waals surface area contributed by atoms with Gasteiger partial charge in [-0.3, -0.25) is 0 Å². The number of benzene rings is 2. The van der Waals surface area contributed by atoms with Crippen molar-refractivity contribution < 1.29 is 22.6 Å². The van der Waals surface area contributed by atoms with Gasteiger partial charge in [-0.25, -0.2) is 9.97 Å². The topological polar surface area (TPSA) is 56.3 Å². The first kappa shape index (κ1) is 23.9. The molecule has 0 unspecified atom stereocenters. The molecule has 1 aromatic heterocycles. The Kier molecular flexibility index (Phi) is 8.75. The number of aryl methyl sites for hydroxylation is 1. The monoisotopic (exact) mass is 463 g/mol. The number of nitrogens with zero attached hydrogens (tertiary/aromatic N) is 2. The van der Waals surface area contributed by atoms with Gasteiger partial charge in [0.1, 0.15) is 17.9 Å². The summed E-state index contributed by atoms with van der Waals surface area (Å²) in [5.74, 6) is 1.81. The van der Waals surface area contributed by atoms with E-state index in [9.17, 15) is 13.2 Å². The summed E-state index contributed by atoms with van der Waals surface area (Å²) in [6, 6.07) is 13.4. The molecule has 32 heavy (non-hydrogen) atoms. The van der Waals surface area contributed by atoms with Gasteiger partial charge in [-0.15, -0.1) is 0 Å². The first-order valence-electron chi connectivity index (χ1n) is 10.1. The molecule has 0 saturated heterocycles. The number of anilines is 1. The van der Waals surface area contributed by atoms with Gasteiger partial charge in [0.2, 0.25) is 0 Å². The molecule has 1 aliphatic heterocycles. The van der Waals surface area contributed by atoms with E-state index in [1.54, 1.807) is 12.3 Å². The Balaban J connectivity index is 0.000000188. The summed E-state index contributed by atoms with van der Waals surface area (Å²) in [6.07, 6.45) is 1.70. The van der Waals surface area contributed by atoms with Crippen molar-refractivity contribution in [3.8, 4) is 5.75 Å². The molecule has 0 atom stereocenters. The first-order valence-corrected chi connectivity index (χ1v) is 10.9. The van der Waals surface area contributed by atoms with Crippen LogP contribution in [-0.4, -0.2) is 30.3 Å². The number of nitrogens with one attached hydrogen (secondary N) is 1. The standard InChI is InChI=1S/C13H13N3OS.C10H11F3O/c1-2-10-3-4-11(8-12(10)17-7-1)18-16-13-5-6-14-9-15-13;1-14-6-5-8-3-2-4-9(7-8)10(11,12)13/h3-6,8-9H,1-2,7H2,(H,14,15,16);2-4,7H,5-6H2,1H3. The van der Waals surface area contributed by atoms with Crippen LogP contribution in [0.15, 0.2) is 66.0 Å². The summed E-state index contributed by atoms with van der Waals surface area (Å²) in [4.78, 5) is 9.10. The van der Waals surface area contributed by atoms with Crippen molar-refractivity contribution in [3.05, 3.63) is 77.7 Å². The van der Waals surface area contributed by atoms with Crippen molar-refractivity contribution in [3.63, 3.8) is 0 Å². The van der Waals surface area contributed by atoms with E-state index in [-0.39, 0.29) is 0 Å². The zero-order chi connectivity index (χ0) is 22.8. The van der Waals surface area contributed by atoms with Crippen molar-refractivity contribution in [2.75, 3.05) is 25.0 Å². The van der Waals surface area contributed by atoms with Gasteiger partial charge in [0.05, 0.1) is 18.8 Å². The second-order valence-corrected chi connectivity index (χ2v) is 7.84. The SMILES string of the molecule is COCCc1cccc(C(F)(F)F)c1.c1cc(NSc2ccc3c(c2)OCCC3)ncn1. The zero-order valence-corrected chi connectivity index (χ0v) is 18.4. The molecule has 0 aliphatic carbocycles. The molecule has 0 fully saturated rings. The number of methoxy groups -OCH3 is 1. The largest absolute Gasteiger partial charge is 0.493 e. The first-order chi connectivity index (χ1) is 15.5. The van der Waals surface area contributed by atoms with E-state index >= 15 is 0 Å². The van der Waals surface area contributed by atoms with Gasteiger partial charge < -0.3 is 14.2 Å². The minimum atomic E-state index is -4.26. The third-order valence-electron chi connectivity index (χ3n) is 4.59. The second-order valence-electron chi connectivity index (χ2n) is 6.96. The van der Waals surface area contributed by atoms with E-state index < -0.39 is 11.7 Å². The minimum absolute atomic E-state index is 0.432. The van der Waals surface area contributed by atoms with Gasteiger partial charge in [0.15, 0.2) is 0 Å². The Morgan fingerprint density at radius 2 is 2.03 bits per heavy atom. The highest BCUT2D eigenvalue weighted by molar-refractivity contribution is 8.00. The lowest BCUT2D eigenvalue weighted by Crippen LogP contribution is -2.08. The molecule has 0 radical (unpaired) electrons. The number of hydrogen-bond acceptors (Lipinski definition) is 6. The lowest BCUT2D eigenvalue weighted by Gasteiger charge is -2.17. The Morgan fingerprint density at radius 1 is 1.16 bits per heavy atom. The maximum atomic E-state index is 12.3. The fourth-order valence-corrected chi connectivity index (χ4v) is 3.61. The molecule has 0 spiro atoms. The predicted octanol–water partition coefficient (Wildman–Crippen LogP) is 5.82. The molecular weight excluding hydrogens is 439 g/mol. The smallest absolute Gasteiger partial charge is 0.416 e. The number of aromatic nitrogens is 2. The maximum Gasteiger partial charge on any atom is 0.416 e. The second kappa shape index (κ2) is 11.7. The van der Waals surface area contributed by atoms with Crippen LogP contribution in [0.2, 0.25) is 0 Å². The van der Waals surface area contributed by atoms with Crippen molar-refractivity contribution in [1.29, 1.82) is 0 Å². The minimum Gasteiger partial charge on any atom is -0.493 e. The Bertz CT molecular complexity index is 988. The van der Waals surface area contributed by atoms with Gasteiger partial charge in [-0.2, -0.15) is 13.2 Å². The number of hydrogen-bond donors (Lipinski definition) is 1. The van der Waals surface area contributed by atoms with Gasteiger partial charge in [-0.1, -0.05) is 24.3 Å². The van der Waals surface area contributed by atoms with Crippen LogP contribution in [0.1, 0.15) is 23.1 Å². The van der Waals surface area contributed by atoms with Crippen LogP contribution in [0.25, 0.3) is 0 Å². The molecule has 9 heteroatoms. The maximum absolute atomic E-state index is 12.3. The molecule has 2 heterocycles. The number of rotatable bonds is 6. The summed E-state index contributed by atoms with van der Waals surface area (Å²) in [5.41, 5.74) is 1.33. The van der Waals surface area contributed by atoms with E-state index in [0.29, 0.717) is 18.6 Å². The number of ether oxygens (including phenoxy) is 2. The van der Waals surface area contributed by atoms with Gasteiger partial charge in [0, 0.05) is 18.2 Å². The summed E-state index contributed by atoms with van der Waals surface area (Å²) >= 11 is 1.53. The molecule has 5 nitrogen and oxygen atoms in total. The van der Waals surface area contributed by atoms with Crippen LogP contribution in [0.5, 0.6) is 5.75 Å². The number of alkyl halides is 3. The third kappa shape index (κ3) is 7.42. The van der Waals surface area contributed by atoms with Crippen molar-refractivity contribution in [2.45, 2.75) is 30.3 Å². The molecule has 3 aromatic rings. The normalized spacial score (nSPS) is 12.8. The Hall–Kier alpha value is -2.78. The van der Waals surface area contributed by atoms with E-state index in [4.69, 9.17) is 9.47 Å². The summed E-state index contributed by atoms with van der Waals surface area (Å²) in [6.45, 7) is 1.25. The van der Waals surface area contributed by atoms with Crippen LogP contribution in [0.4, 0.5) is 19.0 Å². The Labute approximate surface area is 189 Å². The molecule has 4 rings (SSSR count). The van der Waals surface area contributed by atoms with E-state index in [1.165, 1.54) is 37.0 Å². The van der Waals surface area contributed by atoms with Gasteiger partial charge in [-0.05, 0) is 66.6 Å². The van der Waals surface area contributed by atoms with Crippen LogP contribution in [-0.2, 0) is 23.8 Å². The van der Waals surface area contributed by atoms with Crippen molar-refractivity contribution >= 4 is 17.8 Å². The number of halogens is 3. The molecule has 0 bridgehead atoms. The van der Waals surface area contributed by atoms with Crippen molar-refractivity contribution in [2.24, 2.45) is 0 Å². The third-order valence-corrected chi connectivity index (χ3v) is 5.39. The molecule has 1 aliphatic rings. The summed E-state index contributed by atoms with van der Waals surface area (Å²) in [5, 5.41) is 0. The van der Waals surface area contributed by atoms with E-state index in [0.717, 1.165) is 48.0 Å². The molecule has 170 valence electrons. The van der Waals surface area contributed by atoms with Gasteiger partial charge >= 0.3 is 6.18 Å². The van der Waals surface area contributed by atoms with Crippen LogP contribution >= 0.6 is 11.9 Å². The lowest BCUT2D eigenvalue weighted by atomic mass is 10.1. The van der Waals surface area contributed by atoms with Crippen LogP contribution in [0, 0.1) is 0 Å². The van der Waals surface area contributed by atoms with E-state index in [1.807, 2.05) is 6.07 Å². The molecule has 2 aromatic carbocycles. The van der Waals surface area contributed by atoms with Crippen LogP contribution < -0.4 is 9.46 Å². The zero-order valence-electron chi connectivity index (χ0n) is 17.6. The molecule has 0 amide bonds. The summed E-state index contributed by atoms with van der Waals surface area (Å²) in [7, 11) is 1.52. The number of fused-ring (bicyclic) bond motifs is 1. The molecule has 1 N–H and O–H groups in total. The highest BCUT2D eigenvalue weighted by Gasteiger charge is 2.30. The lowest BCUT2D eigenvalue weighted by molar-refractivity contribution is -0.137. The Morgan fingerprint density at radius 3 is 2.78 bits per heavy atom. The molecule has 0 saturated carbocycles. The van der Waals surface area contributed by atoms with Gasteiger partial charge in [0.25, 0.3) is 0 Å². The van der Waals surface area contributed by atoms with Crippen LogP contribution in [0.3, 0.4) is 0 Å². The highest BCUT2D eigenvalue weighted by atomic mass is 32.2. The fraction of sp³-hybridized carbons (Fsp3) is 0.304. The van der Waals surface area contributed by atoms with E-state index in [2.05, 4.69) is 32.9 Å². The quantitative estimate of drug-likeness (QED) is 0.465. The summed E-state index contributed by atoms with van der Waals surface area (Å²) < 4.78 is 50.4. The molecular formula is C23H24F3N3O2S. The average Bonchev–Trinajstić information content (AvgIpc) is 2.82. The fourth-order valence-electron chi connectivity index (χ4n) is 2.97. The van der Waals surface area contributed by atoms with Crippen molar-refractivity contribution in [1.82, 2.24) is 9.97 Å². The highest BCUT2D eigenvalue weighted by Crippen LogP contribution is 2.31. The predicted molar refractivity (Wildman–Crippen MR) is 119 cm³/mol.